The number of rotatable bonds is 4. The van der Waals surface area contributed by atoms with Gasteiger partial charge >= 0.3 is 6.18 Å². The van der Waals surface area contributed by atoms with Gasteiger partial charge in [0, 0.05) is 23.0 Å². The molecule has 1 aliphatic heterocycles. The largest absolute Gasteiger partial charge is 0.435 e. The van der Waals surface area contributed by atoms with Crippen LogP contribution in [0.2, 0.25) is 0 Å². The van der Waals surface area contributed by atoms with Crippen molar-refractivity contribution in [1.29, 1.82) is 0 Å². The summed E-state index contributed by atoms with van der Waals surface area (Å²) in [7, 11) is 0. The van der Waals surface area contributed by atoms with Crippen molar-refractivity contribution in [2.45, 2.75) is 31.9 Å². The fourth-order valence-electron chi connectivity index (χ4n) is 3.16. The van der Waals surface area contributed by atoms with Gasteiger partial charge in [-0.05, 0) is 50.1 Å². The Morgan fingerprint density at radius 3 is 2.37 bits per heavy atom. The van der Waals surface area contributed by atoms with Gasteiger partial charge in [-0.2, -0.15) is 18.3 Å². The number of primary amides is 1. The van der Waals surface area contributed by atoms with Gasteiger partial charge in [0.25, 0.3) is 5.91 Å². The second-order valence-corrected chi connectivity index (χ2v) is 7.59. The molecule has 2 aliphatic rings. The molecular weight excluding hydrogens is 377 g/mol. The van der Waals surface area contributed by atoms with Gasteiger partial charge in [0.05, 0.1) is 16.5 Å². The highest BCUT2D eigenvalue weighted by molar-refractivity contribution is 8.04. The van der Waals surface area contributed by atoms with Gasteiger partial charge in [-0.25, -0.2) is 4.68 Å². The standard InChI is InChI=1S/C18H17F3N4OS/c1-10-16(17(22)26)27-9-24(10)12-4-6-13(7-5-12)25-14(11-2-3-11)8-15(23-25)18(19,20)21/h4-8,11H,2-3,9H2,1H3,(H2,22,26). The maximum atomic E-state index is 13.1. The zero-order valence-electron chi connectivity index (χ0n) is 14.5. The maximum absolute atomic E-state index is 13.1. The lowest BCUT2D eigenvalue weighted by molar-refractivity contribution is -0.141. The zero-order valence-corrected chi connectivity index (χ0v) is 15.3. The summed E-state index contributed by atoms with van der Waals surface area (Å²) in [6.07, 6.45) is -2.70. The molecule has 9 heteroatoms. The highest BCUT2D eigenvalue weighted by atomic mass is 32.2. The van der Waals surface area contributed by atoms with Crippen LogP contribution < -0.4 is 10.6 Å². The number of halogens is 3. The Kier molecular flexibility index (Phi) is 4.21. The molecular formula is C18H17F3N4OS. The fourth-order valence-corrected chi connectivity index (χ4v) is 4.22. The molecule has 1 saturated carbocycles. The Hall–Kier alpha value is -2.42. The van der Waals surface area contributed by atoms with E-state index in [-0.39, 0.29) is 5.92 Å². The van der Waals surface area contributed by atoms with Crippen LogP contribution in [0.5, 0.6) is 0 Å². The van der Waals surface area contributed by atoms with Crippen LogP contribution in [-0.2, 0) is 11.0 Å². The summed E-state index contributed by atoms with van der Waals surface area (Å²) in [6, 6.07) is 8.27. The van der Waals surface area contributed by atoms with Gasteiger partial charge < -0.3 is 10.6 Å². The van der Waals surface area contributed by atoms with Crippen molar-refractivity contribution in [3.8, 4) is 5.69 Å². The van der Waals surface area contributed by atoms with E-state index in [1.807, 2.05) is 24.0 Å². The third kappa shape index (κ3) is 3.31. The Labute approximate surface area is 158 Å². The number of hydrogen-bond acceptors (Lipinski definition) is 4. The number of hydrogen-bond donors (Lipinski definition) is 1. The number of benzene rings is 1. The van der Waals surface area contributed by atoms with Crippen LogP contribution in [0.25, 0.3) is 5.69 Å². The molecule has 142 valence electrons. The van der Waals surface area contributed by atoms with Crippen molar-refractivity contribution in [2.75, 3.05) is 10.8 Å². The quantitative estimate of drug-likeness (QED) is 0.852. The van der Waals surface area contributed by atoms with Crippen molar-refractivity contribution < 1.29 is 18.0 Å². The van der Waals surface area contributed by atoms with Crippen LogP contribution in [0.1, 0.15) is 37.1 Å². The molecule has 1 aliphatic carbocycles. The minimum atomic E-state index is -4.46. The molecule has 4 rings (SSSR count). The van der Waals surface area contributed by atoms with E-state index in [9.17, 15) is 18.0 Å². The number of aromatic nitrogens is 2. The molecule has 0 radical (unpaired) electrons. The summed E-state index contributed by atoms with van der Waals surface area (Å²) in [5.74, 6) is 0.241. The Morgan fingerprint density at radius 1 is 1.22 bits per heavy atom. The predicted molar refractivity (Wildman–Crippen MR) is 97.4 cm³/mol. The van der Waals surface area contributed by atoms with Crippen LogP contribution in [-0.4, -0.2) is 21.6 Å². The third-order valence-electron chi connectivity index (χ3n) is 4.72. The lowest BCUT2D eigenvalue weighted by Gasteiger charge is -2.19. The number of carbonyl (C=O) groups excluding carboxylic acids is 1. The molecule has 0 spiro atoms. The van der Waals surface area contributed by atoms with Crippen LogP contribution in [0.15, 0.2) is 40.9 Å². The van der Waals surface area contributed by atoms with Crippen molar-refractivity contribution in [3.63, 3.8) is 0 Å². The molecule has 5 nitrogen and oxygen atoms in total. The normalized spacial score (nSPS) is 17.7. The SMILES string of the molecule is CC1=C(C(N)=O)SCN1c1ccc(-n2nc(C(F)(F)F)cc2C2CC2)cc1. The Bertz CT molecular complexity index is 929. The lowest BCUT2D eigenvalue weighted by Crippen LogP contribution is -2.17. The van der Waals surface area contributed by atoms with E-state index in [4.69, 9.17) is 5.73 Å². The molecule has 0 unspecified atom stereocenters. The van der Waals surface area contributed by atoms with Gasteiger partial charge in [-0.3, -0.25) is 4.79 Å². The average molecular weight is 394 g/mol. The average Bonchev–Trinajstić information content (AvgIpc) is 3.22. The van der Waals surface area contributed by atoms with E-state index >= 15 is 0 Å². The first-order valence-corrected chi connectivity index (χ1v) is 9.43. The van der Waals surface area contributed by atoms with Crippen LogP contribution in [0.3, 0.4) is 0 Å². The highest BCUT2D eigenvalue weighted by Crippen LogP contribution is 2.43. The number of allylic oxidation sites excluding steroid dienone is 1. The monoisotopic (exact) mass is 394 g/mol. The number of thioether (sulfide) groups is 1. The van der Waals surface area contributed by atoms with Crippen molar-refractivity contribution >= 4 is 23.4 Å². The van der Waals surface area contributed by atoms with E-state index < -0.39 is 17.8 Å². The van der Waals surface area contributed by atoms with E-state index in [0.717, 1.165) is 30.3 Å². The molecule has 1 aromatic heterocycles. The summed E-state index contributed by atoms with van der Waals surface area (Å²) in [5.41, 5.74) is 7.30. The summed E-state index contributed by atoms with van der Waals surface area (Å²) in [5, 5.41) is 3.79. The summed E-state index contributed by atoms with van der Waals surface area (Å²) < 4.78 is 40.6. The number of anilines is 1. The summed E-state index contributed by atoms with van der Waals surface area (Å²) >= 11 is 1.37. The van der Waals surface area contributed by atoms with Crippen molar-refractivity contribution in [2.24, 2.45) is 5.73 Å². The first-order valence-electron chi connectivity index (χ1n) is 8.44. The molecule has 2 heterocycles. The van der Waals surface area contributed by atoms with Gasteiger partial charge in [-0.1, -0.05) is 11.8 Å². The van der Waals surface area contributed by atoms with Crippen LogP contribution in [0, 0.1) is 0 Å². The number of amides is 1. The van der Waals surface area contributed by atoms with Crippen molar-refractivity contribution in [3.05, 3.63) is 52.3 Å². The molecule has 1 amide bonds. The highest BCUT2D eigenvalue weighted by Gasteiger charge is 2.38. The lowest BCUT2D eigenvalue weighted by atomic mass is 10.2. The second kappa shape index (κ2) is 6.33. The zero-order chi connectivity index (χ0) is 19.3. The van der Waals surface area contributed by atoms with E-state index in [1.165, 1.54) is 16.4 Å². The molecule has 2 aromatic rings. The number of nitrogens with zero attached hydrogens (tertiary/aromatic N) is 3. The van der Waals surface area contributed by atoms with Gasteiger partial charge in [0.1, 0.15) is 0 Å². The molecule has 0 saturated heterocycles. The van der Waals surface area contributed by atoms with Gasteiger partial charge in [0.2, 0.25) is 0 Å². The molecule has 0 bridgehead atoms. The van der Waals surface area contributed by atoms with E-state index in [0.29, 0.717) is 22.2 Å². The predicted octanol–water partition coefficient (Wildman–Crippen LogP) is 4.00. The van der Waals surface area contributed by atoms with E-state index in [2.05, 4.69) is 5.10 Å². The Morgan fingerprint density at radius 2 is 1.85 bits per heavy atom. The number of nitrogens with two attached hydrogens (primary N) is 1. The first-order chi connectivity index (χ1) is 12.8. The minimum absolute atomic E-state index is 0.131. The van der Waals surface area contributed by atoms with Crippen LogP contribution >= 0.6 is 11.8 Å². The van der Waals surface area contributed by atoms with Crippen LogP contribution in [0.4, 0.5) is 18.9 Å². The smallest absolute Gasteiger partial charge is 0.365 e. The third-order valence-corrected chi connectivity index (χ3v) is 5.90. The van der Waals surface area contributed by atoms with E-state index in [1.54, 1.807) is 12.1 Å². The number of alkyl halides is 3. The summed E-state index contributed by atoms with van der Waals surface area (Å²) in [4.78, 5) is 13.9. The Balaban J connectivity index is 1.66. The molecule has 2 N–H and O–H groups in total. The van der Waals surface area contributed by atoms with Crippen molar-refractivity contribution in [1.82, 2.24) is 9.78 Å². The topological polar surface area (TPSA) is 64.2 Å². The number of carbonyl (C=O) groups is 1. The molecule has 27 heavy (non-hydrogen) atoms. The van der Waals surface area contributed by atoms with Gasteiger partial charge in [-0.15, -0.1) is 0 Å². The second-order valence-electron chi connectivity index (χ2n) is 6.63. The first kappa shape index (κ1) is 18.0. The maximum Gasteiger partial charge on any atom is 0.435 e. The minimum Gasteiger partial charge on any atom is -0.365 e. The molecule has 1 fully saturated rings. The molecule has 0 atom stereocenters. The fraction of sp³-hybridized carbons (Fsp3) is 0.333. The molecule has 1 aromatic carbocycles. The van der Waals surface area contributed by atoms with Gasteiger partial charge in [0.15, 0.2) is 5.69 Å². The summed E-state index contributed by atoms with van der Waals surface area (Å²) in [6.45, 7) is 1.82.